The van der Waals surface area contributed by atoms with E-state index in [2.05, 4.69) is 9.97 Å². The van der Waals surface area contributed by atoms with Crippen molar-refractivity contribution in [2.45, 2.75) is 0 Å². The molecule has 0 atom stereocenters. The Hall–Kier alpha value is -2.56. The van der Waals surface area contributed by atoms with Crippen LogP contribution in [0.5, 0.6) is 11.6 Å². The van der Waals surface area contributed by atoms with Gasteiger partial charge in [0, 0.05) is 18.0 Å². The molecule has 0 aliphatic carbocycles. The maximum absolute atomic E-state index is 9.52. The van der Waals surface area contributed by atoms with Gasteiger partial charge in [0.05, 0.1) is 19.0 Å². The molecule has 0 bridgehead atoms. The van der Waals surface area contributed by atoms with Crippen LogP contribution < -0.4 is 4.74 Å². The number of fused-ring (bicyclic) bond motifs is 1. The quantitative estimate of drug-likeness (QED) is 0.746. The highest BCUT2D eigenvalue weighted by Crippen LogP contribution is 2.26. The number of phenols is 1. The lowest BCUT2D eigenvalue weighted by Crippen LogP contribution is -1.94. The average molecular weight is 241 g/mol. The highest BCUT2D eigenvalue weighted by Gasteiger charge is 2.10. The Morgan fingerprint density at radius 3 is 2.94 bits per heavy atom. The van der Waals surface area contributed by atoms with Crippen molar-refractivity contribution < 1.29 is 9.84 Å². The number of hydrogen-bond acceptors (Lipinski definition) is 4. The first-order chi connectivity index (χ1) is 8.79. The molecule has 0 radical (unpaired) electrons. The number of nitrogens with zero attached hydrogens (tertiary/aromatic N) is 3. The summed E-state index contributed by atoms with van der Waals surface area (Å²) >= 11 is 0. The van der Waals surface area contributed by atoms with Crippen molar-refractivity contribution in [3.63, 3.8) is 0 Å². The van der Waals surface area contributed by atoms with Gasteiger partial charge in [-0.2, -0.15) is 0 Å². The SMILES string of the molecule is COc1nccn2c(-c3cccc(O)c3)cnc12. The summed E-state index contributed by atoms with van der Waals surface area (Å²) in [7, 11) is 1.56. The molecule has 0 amide bonds. The normalized spacial score (nSPS) is 10.7. The van der Waals surface area contributed by atoms with Crippen molar-refractivity contribution in [2.75, 3.05) is 7.11 Å². The van der Waals surface area contributed by atoms with Gasteiger partial charge in [0.1, 0.15) is 5.75 Å². The van der Waals surface area contributed by atoms with E-state index in [-0.39, 0.29) is 5.75 Å². The molecule has 0 saturated heterocycles. The van der Waals surface area contributed by atoms with E-state index in [1.165, 1.54) is 0 Å². The molecule has 3 aromatic rings. The van der Waals surface area contributed by atoms with Gasteiger partial charge in [-0.1, -0.05) is 12.1 Å². The van der Waals surface area contributed by atoms with E-state index in [0.717, 1.165) is 11.3 Å². The molecule has 0 saturated carbocycles. The number of ether oxygens (including phenoxy) is 1. The van der Waals surface area contributed by atoms with Crippen LogP contribution in [0, 0.1) is 0 Å². The van der Waals surface area contributed by atoms with E-state index in [4.69, 9.17) is 4.74 Å². The highest BCUT2D eigenvalue weighted by atomic mass is 16.5. The Labute approximate surface area is 103 Å². The minimum atomic E-state index is 0.225. The molecule has 2 aromatic heterocycles. The summed E-state index contributed by atoms with van der Waals surface area (Å²) < 4.78 is 7.03. The van der Waals surface area contributed by atoms with Crippen LogP contribution >= 0.6 is 0 Å². The van der Waals surface area contributed by atoms with Crippen molar-refractivity contribution in [3.8, 4) is 22.9 Å². The number of benzene rings is 1. The van der Waals surface area contributed by atoms with Crippen molar-refractivity contribution in [2.24, 2.45) is 0 Å². The lowest BCUT2D eigenvalue weighted by Gasteiger charge is -2.04. The summed E-state index contributed by atoms with van der Waals surface area (Å²) in [6.07, 6.45) is 5.19. The van der Waals surface area contributed by atoms with Crippen LogP contribution in [0.3, 0.4) is 0 Å². The maximum atomic E-state index is 9.52. The van der Waals surface area contributed by atoms with Gasteiger partial charge in [0.15, 0.2) is 0 Å². The van der Waals surface area contributed by atoms with E-state index in [1.54, 1.807) is 37.7 Å². The largest absolute Gasteiger partial charge is 0.508 e. The second-order valence-corrected chi connectivity index (χ2v) is 3.82. The molecular weight excluding hydrogens is 230 g/mol. The van der Waals surface area contributed by atoms with Gasteiger partial charge in [-0.05, 0) is 12.1 Å². The number of aromatic hydroxyl groups is 1. The monoisotopic (exact) mass is 241 g/mol. The molecule has 0 aliphatic heterocycles. The topological polar surface area (TPSA) is 59.7 Å². The standard InChI is InChI=1S/C13H11N3O2/c1-18-13-12-15-8-11(16(12)6-5-14-13)9-3-2-4-10(17)7-9/h2-8,17H,1H3. The summed E-state index contributed by atoms with van der Waals surface area (Å²) in [5, 5.41) is 9.52. The molecule has 0 aliphatic rings. The summed E-state index contributed by atoms with van der Waals surface area (Å²) in [6.45, 7) is 0. The van der Waals surface area contributed by atoms with Gasteiger partial charge in [0.25, 0.3) is 5.88 Å². The van der Waals surface area contributed by atoms with E-state index in [0.29, 0.717) is 11.5 Å². The third-order valence-electron chi connectivity index (χ3n) is 2.73. The number of methoxy groups -OCH3 is 1. The summed E-state index contributed by atoms with van der Waals surface area (Å²) in [5.74, 6) is 0.701. The molecule has 2 heterocycles. The molecule has 90 valence electrons. The smallest absolute Gasteiger partial charge is 0.258 e. The minimum absolute atomic E-state index is 0.225. The van der Waals surface area contributed by atoms with Crippen LogP contribution in [0.25, 0.3) is 16.9 Å². The van der Waals surface area contributed by atoms with E-state index < -0.39 is 0 Å². The van der Waals surface area contributed by atoms with Crippen molar-refractivity contribution >= 4 is 5.65 Å². The molecule has 0 spiro atoms. The third-order valence-corrected chi connectivity index (χ3v) is 2.73. The first kappa shape index (κ1) is 10.6. The number of aromatic nitrogens is 3. The van der Waals surface area contributed by atoms with Gasteiger partial charge in [-0.25, -0.2) is 9.97 Å². The van der Waals surface area contributed by atoms with Crippen LogP contribution in [0.15, 0.2) is 42.9 Å². The average Bonchev–Trinajstić information content (AvgIpc) is 2.82. The first-order valence-corrected chi connectivity index (χ1v) is 5.45. The van der Waals surface area contributed by atoms with Crippen LogP contribution in [0.2, 0.25) is 0 Å². The Morgan fingerprint density at radius 1 is 1.28 bits per heavy atom. The lowest BCUT2D eigenvalue weighted by molar-refractivity contribution is 0.400. The number of rotatable bonds is 2. The molecule has 18 heavy (non-hydrogen) atoms. The fourth-order valence-electron chi connectivity index (χ4n) is 1.92. The van der Waals surface area contributed by atoms with Crippen molar-refractivity contribution in [1.82, 2.24) is 14.4 Å². The second kappa shape index (κ2) is 4.03. The van der Waals surface area contributed by atoms with E-state index in [1.807, 2.05) is 16.7 Å². The van der Waals surface area contributed by atoms with Gasteiger partial charge in [-0.3, -0.25) is 4.40 Å². The summed E-state index contributed by atoms with van der Waals surface area (Å²) in [6, 6.07) is 7.03. The van der Waals surface area contributed by atoms with E-state index >= 15 is 0 Å². The molecule has 0 unspecified atom stereocenters. The highest BCUT2D eigenvalue weighted by molar-refractivity contribution is 5.66. The van der Waals surface area contributed by atoms with Crippen LogP contribution in [-0.4, -0.2) is 26.6 Å². The Balaban J connectivity index is 2.25. The third kappa shape index (κ3) is 1.57. The van der Waals surface area contributed by atoms with Crippen molar-refractivity contribution in [1.29, 1.82) is 0 Å². The van der Waals surface area contributed by atoms with Crippen LogP contribution in [-0.2, 0) is 0 Å². The van der Waals surface area contributed by atoms with Crippen molar-refractivity contribution in [3.05, 3.63) is 42.9 Å². The first-order valence-electron chi connectivity index (χ1n) is 5.45. The molecule has 0 fully saturated rings. The zero-order valence-electron chi connectivity index (χ0n) is 9.74. The summed E-state index contributed by atoms with van der Waals surface area (Å²) in [4.78, 5) is 8.38. The lowest BCUT2D eigenvalue weighted by atomic mass is 10.1. The number of phenolic OH excluding ortho intramolecular Hbond substituents is 1. The summed E-state index contributed by atoms with van der Waals surface area (Å²) in [5.41, 5.74) is 2.41. The fraction of sp³-hybridized carbons (Fsp3) is 0.0769. The van der Waals surface area contributed by atoms with Gasteiger partial charge in [0.2, 0.25) is 5.65 Å². The Kier molecular flexibility index (Phi) is 2.37. The fourth-order valence-corrected chi connectivity index (χ4v) is 1.92. The zero-order valence-corrected chi connectivity index (χ0v) is 9.74. The van der Waals surface area contributed by atoms with Crippen LogP contribution in [0.1, 0.15) is 0 Å². The maximum Gasteiger partial charge on any atom is 0.258 e. The van der Waals surface area contributed by atoms with Gasteiger partial charge >= 0.3 is 0 Å². The molecule has 5 heteroatoms. The molecular formula is C13H11N3O2. The van der Waals surface area contributed by atoms with Crippen LogP contribution in [0.4, 0.5) is 0 Å². The molecule has 3 rings (SSSR count). The Morgan fingerprint density at radius 2 is 2.17 bits per heavy atom. The predicted molar refractivity (Wildman–Crippen MR) is 66.6 cm³/mol. The molecule has 1 N–H and O–H groups in total. The molecule has 1 aromatic carbocycles. The predicted octanol–water partition coefficient (Wildman–Crippen LogP) is 2.11. The van der Waals surface area contributed by atoms with Gasteiger partial charge in [-0.15, -0.1) is 0 Å². The second-order valence-electron chi connectivity index (χ2n) is 3.82. The molecule has 5 nitrogen and oxygen atoms in total. The van der Waals surface area contributed by atoms with E-state index in [9.17, 15) is 5.11 Å². The zero-order chi connectivity index (χ0) is 12.5. The minimum Gasteiger partial charge on any atom is -0.508 e. The number of hydrogen-bond donors (Lipinski definition) is 1. The van der Waals surface area contributed by atoms with Gasteiger partial charge < -0.3 is 9.84 Å². The number of imidazole rings is 1. The Bertz CT molecular complexity index is 706.